The third-order valence-electron chi connectivity index (χ3n) is 2.73. The van der Waals surface area contributed by atoms with Gasteiger partial charge in [-0.15, -0.1) is 0 Å². The second kappa shape index (κ2) is 4.56. The fourth-order valence-electron chi connectivity index (χ4n) is 1.62. The standard InChI is InChI=1S/C12H19NO/c1-4-10(2)8-12(3,14)11-6-5-7-13-9-11/h5-7,9-10,14H,4,8H2,1-3H3. The molecule has 1 N–H and O–H groups in total. The predicted octanol–water partition coefficient (Wildman–Crippen LogP) is 2.73. The van der Waals surface area contributed by atoms with E-state index in [1.54, 1.807) is 12.4 Å². The lowest BCUT2D eigenvalue weighted by atomic mass is 9.87. The third-order valence-corrected chi connectivity index (χ3v) is 2.73. The molecular formula is C12H19NO. The van der Waals surface area contributed by atoms with Gasteiger partial charge in [-0.3, -0.25) is 4.98 Å². The smallest absolute Gasteiger partial charge is 0.0885 e. The molecule has 0 saturated heterocycles. The maximum Gasteiger partial charge on any atom is 0.0885 e. The molecule has 0 aliphatic carbocycles. The van der Waals surface area contributed by atoms with Crippen LogP contribution >= 0.6 is 0 Å². The molecule has 2 unspecified atom stereocenters. The Hall–Kier alpha value is -0.890. The van der Waals surface area contributed by atoms with Crippen molar-refractivity contribution in [3.63, 3.8) is 0 Å². The SMILES string of the molecule is CCC(C)CC(C)(O)c1cccnc1. The van der Waals surface area contributed by atoms with E-state index >= 15 is 0 Å². The summed E-state index contributed by atoms with van der Waals surface area (Å²) in [6.45, 7) is 6.16. The maximum atomic E-state index is 10.2. The molecule has 0 aliphatic rings. The van der Waals surface area contributed by atoms with Gasteiger partial charge in [0, 0.05) is 18.0 Å². The van der Waals surface area contributed by atoms with Crippen molar-refractivity contribution < 1.29 is 5.11 Å². The van der Waals surface area contributed by atoms with Crippen LogP contribution in [0.15, 0.2) is 24.5 Å². The van der Waals surface area contributed by atoms with Crippen molar-refractivity contribution >= 4 is 0 Å². The first-order valence-corrected chi connectivity index (χ1v) is 5.19. The number of hydrogen-bond acceptors (Lipinski definition) is 2. The zero-order chi connectivity index (χ0) is 10.6. The van der Waals surface area contributed by atoms with E-state index in [9.17, 15) is 5.11 Å². The Morgan fingerprint density at radius 3 is 2.79 bits per heavy atom. The summed E-state index contributed by atoms with van der Waals surface area (Å²) in [7, 11) is 0. The number of pyridine rings is 1. The van der Waals surface area contributed by atoms with Crippen molar-refractivity contribution in [2.24, 2.45) is 5.92 Å². The van der Waals surface area contributed by atoms with E-state index in [0.29, 0.717) is 5.92 Å². The van der Waals surface area contributed by atoms with Gasteiger partial charge in [-0.05, 0) is 25.3 Å². The Kier molecular flexibility index (Phi) is 3.64. The van der Waals surface area contributed by atoms with Gasteiger partial charge >= 0.3 is 0 Å². The highest BCUT2D eigenvalue weighted by atomic mass is 16.3. The van der Waals surface area contributed by atoms with Gasteiger partial charge in [0.1, 0.15) is 0 Å². The number of hydrogen-bond donors (Lipinski definition) is 1. The molecule has 0 amide bonds. The molecular weight excluding hydrogens is 174 g/mol. The summed E-state index contributed by atoms with van der Waals surface area (Å²) >= 11 is 0. The molecule has 2 heteroatoms. The lowest BCUT2D eigenvalue weighted by molar-refractivity contribution is 0.0316. The first-order valence-electron chi connectivity index (χ1n) is 5.19. The highest BCUT2D eigenvalue weighted by molar-refractivity contribution is 5.16. The summed E-state index contributed by atoms with van der Waals surface area (Å²) in [5.74, 6) is 0.533. The van der Waals surface area contributed by atoms with Gasteiger partial charge in [-0.25, -0.2) is 0 Å². The Balaban J connectivity index is 2.75. The highest BCUT2D eigenvalue weighted by Crippen LogP contribution is 2.28. The van der Waals surface area contributed by atoms with E-state index in [1.807, 2.05) is 19.1 Å². The molecule has 1 aromatic rings. The lowest BCUT2D eigenvalue weighted by Crippen LogP contribution is -2.24. The number of aliphatic hydroxyl groups is 1. The van der Waals surface area contributed by atoms with Crippen molar-refractivity contribution in [1.29, 1.82) is 0 Å². The topological polar surface area (TPSA) is 33.1 Å². The predicted molar refractivity (Wildman–Crippen MR) is 57.9 cm³/mol. The van der Waals surface area contributed by atoms with Crippen molar-refractivity contribution in [3.05, 3.63) is 30.1 Å². The Labute approximate surface area is 86.0 Å². The summed E-state index contributed by atoms with van der Waals surface area (Å²) < 4.78 is 0. The number of rotatable bonds is 4. The van der Waals surface area contributed by atoms with Gasteiger partial charge in [0.2, 0.25) is 0 Å². The van der Waals surface area contributed by atoms with Crippen LogP contribution in [0.1, 0.15) is 39.2 Å². The van der Waals surface area contributed by atoms with Crippen LogP contribution in [-0.2, 0) is 5.60 Å². The van der Waals surface area contributed by atoms with Crippen LogP contribution in [0.3, 0.4) is 0 Å². The van der Waals surface area contributed by atoms with Crippen LogP contribution < -0.4 is 0 Å². The Bertz CT molecular complexity index is 269. The molecule has 2 nitrogen and oxygen atoms in total. The van der Waals surface area contributed by atoms with Crippen molar-refractivity contribution in [3.8, 4) is 0 Å². The summed E-state index contributed by atoms with van der Waals surface area (Å²) in [6.07, 6.45) is 5.34. The van der Waals surface area contributed by atoms with Crippen molar-refractivity contribution in [2.75, 3.05) is 0 Å². The zero-order valence-corrected chi connectivity index (χ0v) is 9.20. The van der Waals surface area contributed by atoms with Gasteiger partial charge in [-0.2, -0.15) is 0 Å². The van der Waals surface area contributed by atoms with E-state index in [0.717, 1.165) is 18.4 Å². The minimum atomic E-state index is -0.746. The zero-order valence-electron chi connectivity index (χ0n) is 9.20. The summed E-state index contributed by atoms with van der Waals surface area (Å²) in [5, 5.41) is 10.2. The minimum Gasteiger partial charge on any atom is -0.385 e. The van der Waals surface area contributed by atoms with Crippen LogP contribution in [0.5, 0.6) is 0 Å². The summed E-state index contributed by atoms with van der Waals surface area (Å²) in [6, 6.07) is 3.79. The molecule has 1 heterocycles. The number of aromatic nitrogens is 1. The second-order valence-corrected chi connectivity index (χ2v) is 4.23. The van der Waals surface area contributed by atoms with Crippen LogP contribution in [0, 0.1) is 5.92 Å². The first kappa shape index (κ1) is 11.2. The van der Waals surface area contributed by atoms with Crippen LogP contribution in [0.25, 0.3) is 0 Å². The molecule has 1 rings (SSSR count). The fraction of sp³-hybridized carbons (Fsp3) is 0.583. The van der Waals surface area contributed by atoms with Crippen molar-refractivity contribution in [2.45, 2.75) is 39.2 Å². The third kappa shape index (κ3) is 2.81. The first-order chi connectivity index (χ1) is 6.56. The van der Waals surface area contributed by atoms with Crippen molar-refractivity contribution in [1.82, 2.24) is 4.98 Å². The monoisotopic (exact) mass is 193 g/mol. The molecule has 0 aromatic carbocycles. The largest absolute Gasteiger partial charge is 0.385 e. The average Bonchev–Trinajstić information content (AvgIpc) is 2.18. The molecule has 0 fully saturated rings. The minimum absolute atomic E-state index is 0.533. The maximum absolute atomic E-state index is 10.2. The van der Waals surface area contributed by atoms with Crippen LogP contribution in [-0.4, -0.2) is 10.1 Å². The fourth-order valence-corrected chi connectivity index (χ4v) is 1.62. The van der Waals surface area contributed by atoms with E-state index in [2.05, 4.69) is 18.8 Å². The molecule has 1 aromatic heterocycles. The molecule has 14 heavy (non-hydrogen) atoms. The van der Waals surface area contributed by atoms with Gasteiger partial charge in [-0.1, -0.05) is 26.3 Å². The molecule has 0 saturated carbocycles. The van der Waals surface area contributed by atoms with Gasteiger partial charge in [0.05, 0.1) is 5.60 Å². The normalized spacial score (nSPS) is 17.4. The van der Waals surface area contributed by atoms with Gasteiger partial charge < -0.3 is 5.11 Å². The summed E-state index contributed by atoms with van der Waals surface area (Å²) in [5.41, 5.74) is 0.157. The average molecular weight is 193 g/mol. The van der Waals surface area contributed by atoms with Gasteiger partial charge in [0.25, 0.3) is 0 Å². The Morgan fingerprint density at radius 1 is 1.57 bits per heavy atom. The van der Waals surface area contributed by atoms with Gasteiger partial charge in [0.15, 0.2) is 0 Å². The van der Waals surface area contributed by atoms with E-state index < -0.39 is 5.60 Å². The summed E-state index contributed by atoms with van der Waals surface area (Å²) in [4.78, 5) is 4.02. The van der Waals surface area contributed by atoms with E-state index in [-0.39, 0.29) is 0 Å². The molecule has 78 valence electrons. The molecule has 0 aliphatic heterocycles. The highest BCUT2D eigenvalue weighted by Gasteiger charge is 2.24. The Morgan fingerprint density at radius 2 is 2.29 bits per heavy atom. The molecule has 0 radical (unpaired) electrons. The van der Waals surface area contributed by atoms with Crippen LogP contribution in [0.2, 0.25) is 0 Å². The van der Waals surface area contributed by atoms with E-state index in [4.69, 9.17) is 0 Å². The quantitative estimate of drug-likeness (QED) is 0.797. The van der Waals surface area contributed by atoms with Crippen LogP contribution in [0.4, 0.5) is 0 Å². The second-order valence-electron chi connectivity index (χ2n) is 4.23. The lowest BCUT2D eigenvalue weighted by Gasteiger charge is -2.26. The molecule has 0 bridgehead atoms. The molecule has 2 atom stereocenters. The van der Waals surface area contributed by atoms with E-state index in [1.165, 1.54) is 0 Å². The number of nitrogens with zero attached hydrogens (tertiary/aromatic N) is 1. The molecule has 0 spiro atoms.